The molecule has 0 aliphatic heterocycles. The summed E-state index contributed by atoms with van der Waals surface area (Å²) < 4.78 is 0. The van der Waals surface area contributed by atoms with Crippen LogP contribution >= 0.6 is 0 Å². The average molecular weight is 373 g/mol. The summed E-state index contributed by atoms with van der Waals surface area (Å²) in [6, 6.07) is 0. The molecule has 5 rings (SSSR count). The molecule has 2 aromatic rings. The summed E-state index contributed by atoms with van der Waals surface area (Å²) in [7, 11) is 0. The summed E-state index contributed by atoms with van der Waals surface area (Å²) in [5.41, 5.74) is 12.4. The summed E-state index contributed by atoms with van der Waals surface area (Å²) in [5, 5.41) is 0. The van der Waals surface area contributed by atoms with Crippen molar-refractivity contribution >= 4 is 11.6 Å². The van der Waals surface area contributed by atoms with Gasteiger partial charge >= 0.3 is 0 Å². The molecule has 0 aromatic heterocycles. The summed E-state index contributed by atoms with van der Waals surface area (Å²) in [4.78, 5) is 27.8. The molecular weight excluding hydrogens is 344 g/mol. The van der Waals surface area contributed by atoms with Crippen LogP contribution in [-0.2, 0) is 25.7 Å². The first-order valence-electron chi connectivity index (χ1n) is 10.8. The van der Waals surface area contributed by atoms with E-state index in [9.17, 15) is 9.59 Å². The Hall–Kier alpha value is -2.22. The first-order valence-corrected chi connectivity index (χ1v) is 10.8. The van der Waals surface area contributed by atoms with Crippen molar-refractivity contribution in [1.82, 2.24) is 0 Å². The van der Waals surface area contributed by atoms with Crippen molar-refractivity contribution in [2.24, 2.45) is 0 Å². The van der Waals surface area contributed by atoms with Crippen molar-refractivity contribution in [1.29, 1.82) is 0 Å². The molecule has 0 spiro atoms. The Bertz CT molecular complexity index is 999. The highest BCUT2D eigenvalue weighted by molar-refractivity contribution is 6.30. The average Bonchev–Trinajstić information content (AvgIpc) is 2.72. The molecule has 0 radical (unpaired) electrons. The minimum Gasteiger partial charge on any atom is -0.289 e. The van der Waals surface area contributed by atoms with Crippen LogP contribution in [0.25, 0.3) is 0 Å². The quantitative estimate of drug-likeness (QED) is 0.525. The SMILES string of the molecule is Cc1c(C)c(C)c2c(c1C)C(=O)c1c3c(c4c(c1C2=O)CCCC4)CCCC3. The van der Waals surface area contributed by atoms with Gasteiger partial charge in [0.25, 0.3) is 0 Å². The van der Waals surface area contributed by atoms with Gasteiger partial charge in [0.15, 0.2) is 11.6 Å². The topological polar surface area (TPSA) is 34.1 Å². The van der Waals surface area contributed by atoms with Crippen molar-refractivity contribution < 1.29 is 9.59 Å². The number of fused-ring (bicyclic) bond motifs is 7. The van der Waals surface area contributed by atoms with Gasteiger partial charge in [-0.2, -0.15) is 0 Å². The number of rotatable bonds is 0. The smallest absolute Gasteiger partial charge is 0.195 e. The maximum atomic E-state index is 13.9. The van der Waals surface area contributed by atoms with Crippen molar-refractivity contribution in [3.8, 4) is 0 Å². The molecule has 2 nitrogen and oxygen atoms in total. The normalized spacial score (nSPS) is 17.7. The van der Waals surface area contributed by atoms with Crippen LogP contribution in [0.15, 0.2) is 0 Å². The van der Waals surface area contributed by atoms with Crippen LogP contribution in [-0.4, -0.2) is 11.6 Å². The van der Waals surface area contributed by atoms with E-state index in [1.54, 1.807) is 0 Å². The first-order chi connectivity index (χ1) is 13.4. The molecule has 0 N–H and O–H groups in total. The minimum atomic E-state index is 0.111. The van der Waals surface area contributed by atoms with E-state index >= 15 is 0 Å². The lowest BCUT2D eigenvalue weighted by Crippen LogP contribution is -2.30. The molecule has 3 aliphatic carbocycles. The fourth-order valence-corrected chi connectivity index (χ4v) is 5.96. The molecule has 28 heavy (non-hydrogen) atoms. The Labute approximate surface area is 167 Å². The summed E-state index contributed by atoms with van der Waals surface area (Å²) in [6.07, 6.45) is 8.69. The van der Waals surface area contributed by atoms with Gasteiger partial charge in [0.1, 0.15) is 0 Å². The number of ketones is 2. The molecule has 0 unspecified atom stereocenters. The lowest BCUT2D eigenvalue weighted by Gasteiger charge is -2.33. The molecule has 0 saturated carbocycles. The zero-order valence-corrected chi connectivity index (χ0v) is 17.5. The van der Waals surface area contributed by atoms with E-state index < -0.39 is 0 Å². The second-order valence-corrected chi connectivity index (χ2v) is 8.99. The molecule has 0 fully saturated rings. The fraction of sp³-hybridized carbons (Fsp3) is 0.462. The summed E-state index contributed by atoms with van der Waals surface area (Å²) in [5.74, 6) is 0.222. The fourth-order valence-electron chi connectivity index (χ4n) is 5.96. The van der Waals surface area contributed by atoms with Gasteiger partial charge in [0.2, 0.25) is 0 Å². The molecule has 0 amide bonds. The number of carbonyl (C=O) groups excluding carboxylic acids is 2. The molecule has 0 bridgehead atoms. The second kappa shape index (κ2) is 6.14. The Morgan fingerprint density at radius 2 is 0.750 bits per heavy atom. The minimum absolute atomic E-state index is 0.111. The van der Waals surface area contributed by atoms with Gasteiger partial charge in [-0.1, -0.05) is 0 Å². The van der Waals surface area contributed by atoms with Crippen LogP contribution in [0.5, 0.6) is 0 Å². The molecule has 0 saturated heterocycles. The van der Waals surface area contributed by atoms with Gasteiger partial charge in [-0.05, 0) is 124 Å². The molecule has 2 heteroatoms. The van der Waals surface area contributed by atoms with E-state index in [1.807, 2.05) is 13.8 Å². The molecule has 0 atom stereocenters. The number of hydrogen-bond acceptors (Lipinski definition) is 2. The maximum absolute atomic E-state index is 13.9. The molecule has 3 aliphatic rings. The Balaban J connectivity index is 1.91. The van der Waals surface area contributed by atoms with Crippen LogP contribution in [0.4, 0.5) is 0 Å². The third-order valence-corrected chi connectivity index (χ3v) is 7.75. The van der Waals surface area contributed by atoms with Crippen LogP contribution in [0.3, 0.4) is 0 Å². The molecule has 0 heterocycles. The zero-order chi connectivity index (χ0) is 19.7. The number of hydrogen-bond donors (Lipinski definition) is 0. The highest BCUT2D eigenvalue weighted by Gasteiger charge is 2.39. The van der Waals surface area contributed by atoms with Crippen molar-refractivity contribution in [2.75, 3.05) is 0 Å². The largest absolute Gasteiger partial charge is 0.289 e. The lowest BCUT2D eigenvalue weighted by molar-refractivity contribution is 0.0975. The van der Waals surface area contributed by atoms with E-state index in [-0.39, 0.29) is 11.6 Å². The Morgan fingerprint density at radius 3 is 1.11 bits per heavy atom. The predicted octanol–water partition coefficient (Wildman–Crippen LogP) is 5.45. The summed E-state index contributed by atoms with van der Waals surface area (Å²) in [6.45, 7) is 8.18. The Morgan fingerprint density at radius 1 is 0.429 bits per heavy atom. The number of carbonyl (C=O) groups is 2. The van der Waals surface area contributed by atoms with Gasteiger partial charge in [-0.3, -0.25) is 9.59 Å². The number of benzene rings is 2. The third-order valence-electron chi connectivity index (χ3n) is 7.75. The van der Waals surface area contributed by atoms with E-state index in [2.05, 4.69) is 13.8 Å². The van der Waals surface area contributed by atoms with Gasteiger partial charge in [-0.15, -0.1) is 0 Å². The third kappa shape index (κ3) is 2.15. The van der Waals surface area contributed by atoms with Crippen LogP contribution < -0.4 is 0 Å². The lowest BCUT2D eigenvalue weighted by atomic mass is 9.68. The van der Waals surface area contributed by atoms with Crippen molar-refractivity contribution in [2.45, 2.75) is 79.1 Å². The highest BCUT2D eigenvalue weighted by atomic mass is 16.1. The second-order valence-electron chi connectivity index (χ2n) is 8.99. The van der Waals surface area contributed by atoms with Crippen LogP contribution in [0.1, 0.15) is 102 Å². The maximum Gasteiger partial charge on any atom is 0.195 e. The predicted molar refractivity (Wildman–Crippen MR) is 112 cm³/mol. The van der Waals surface area contributed by atoms with E-state index in [4.69, 9.17) is 0 Å². The van der Waals surface area contributed by atoms with Gasteiger partial charge in [-0.25, -0.2) is 0 Å². The molecule has 2 aromatic carbocycles. The first kappa shape index (κ1) is 17.8. The highest BCUT2D eigenvalue weighted by Crippen LogP contribution is 2.43. The monoisotopic (exact) mass is 372 g/mol. The van der Waals surface area contributed by atoms with E-state index in [1.165, 1.54) is 35.1 Å². The van der Waals surface area contributed by atoms with Crippen LogP contribution in [0.2, 0.25) is 0 Å². The van der Waals surface area contributed by atoms with Gasteiger partial charge in [0.05, 0.1) is 0 Å². The molecular formula is C26H28O2. The standard InChI is InChI=1S/C26H28O2/c1-13-14(2)16(4)22-21(15(13)3)25(27)23-19-11-7-5-9-17(19)18-10-6-8-12-20(18)24(23)26(22)28/h5-12H2,1-4H3. The van der Waals surface area contributed by atoms with E-state index in [0.717, 1.165) is 71.9 Å². The van der Waals surface area contributed by atoms with E-state index in [0.29, 0.717) is 11.1 Å². The molecule has 144 valence electrons. The summed E-state index contributed by atoms with van der Waals surface area (Å²) >= 11 is 0. The van der Waals surface area contributed by atoms with Crippen LogP contribution in [0, 0.1) is 27.7 Å². The van der Waals surface area contributed by atoms with Gasteiger partial charge in [0, 0.05) is 22.3 Å². The van der Waals surface area contributed by atoms with Crippen molar-refractivity contribution in [3.05, 3.63) is 66.8 Å². The zero-order valence-electron chi connectivity index (χ0n) is 17.5. The van der Waals surface area contributed by atoms with Crippen molar-refractivity contribution in [3.63, 3.8) is 0 Å². The van der Waals surface area contributed by atoms with Gasteiger partial charge < -0.3 is 0 Å². The Kier molecular flexibility index (Phi) is 3.91.